The lowest BCUT2D eigenvalue weighted by Gasteiger charge is -2.49. The van der Waals surface area contributed by atoms with E-state index in [2.05, 4.69) is 33.1 Å². The van der Waals surface area contributed by atoms with Gasteiger partial charge in [-0.2, -0.15) is 0 Å². The molecule has 0 fully saturated rings. The molecule has 132 valence electrons. The van der Waals surface area contributed by atoms with Gasteiger partial charge in [-0.25, -0.2) is 0 Å². The van der Waals surface area contributed by atoms with Crippen molar-refractivity contribution in [2.24, 2.45) is 10.8 Å². The predicted molar refractivity (Wildman–Crippen MR) is 99.3 cm³/mol. The van der Waals surface area contributed by atoms with Crippen LogP contribution in [0.25, 0.3) is 0 Å². The van der Waals surface area contributed by atoms with Crippen LogP contribution in [0.2, 0.25) is 0 Å². The molecule has 2 nitrogen and oxygen atoms in total. The van der Waals surface area contributed by atoms with E-state index < -0.39 is 17.1 Å². The van der Waals surface area contributed by atoms with E-state index in [0.29, 0.717) is 12.8 Å². The molecule has 0 amide bonds. The van der Waals surface area contributed by atoms with E-state index in [1.807, 2.05) is 26.0 Å². The molecular formula is C21H36O2. The Labute approximate surface area is 143 Å². The number of aliphatic hydroxyl groups is 2. The van der Waals surface area contributed by atoms with Crippen molar-refractivity contribution in [1.82, 2.24) is 0 Å². The lowest BCUT2D eigenvalue weighted by Crippen LogP contribution is -2.56. The first-order valence-corrected chi connectivity index (χ1v) is 9.04. The summed E-state index contributed by atoms with van der Waals surface area (Å²) in [6, 6.07) is 0. The summed E-state index contributed by atoms with van der Waals surface area (Å²) in [5, 5.41) is 22.8. The molecule has 0 saturated heterocycles. The first kappa shape index (κ1) is 20.2. The molecular weight excluding hydrogens is 284 g/mol. The summed E-state index contributed by atoms with van der Waals surface area (Å²) in [6.07, 6.45) is 11.2. The fourth-order valence-electron chi connectivity index (χ4n) is 3.83. The number of aliphatic hydroxyl groups excluding tert-OH is 1. The first-order valence-electron chi connectivity index (χ1n) is 9.04. The highest BCUT2D eigenvalue weighted by Gasteiger charge is 2.51. The van der Waals surface area contributed by atoms with E-state index in [1.54, 1.807) is 0 Å². The maximum atomic E-state index is 11.6. The second-order valence-electron chi connectivity index (χ2n) is 7.98. The average molecular weight is 321 g/mol. The lowest BCUT2D eigenvalue weighted by atomic mass is 9.61. The normalized spacial score (nSPS) is 26.1. The van der Waals surface area contributed by atoms with Crippen LogP contribution in [0, 0.1) is 10.8 Å². The minimum Gasteiger partial charge on any atom is -0.386 e. The van der Waals surface area contributed by atoms with Crippen molar-refractivity contribution in [3.63, 3.8) is 0 Å². The molecule has 0 aromatic heterocycles. The predicted octanol–water partition coefficient (Wildman–Crippen LogP) is 5.17. The molecule has 0 spiro atoms. The molecule has 3 atom stereocenters. The molecule has 1 rings (SSSR count). The molecule has 2 N–H and O–H groups in total. The summed E-state index contributed by atoms with van der Waals surface area (Å²) in [4.78, 5) is 0. The molecule has 0 radical (unpaired) electrons. The lowest BCUT2D eigenvalue weighted by molar-refractivity contribution is -0.144. The zero-order valence-electron chi connectivity index (χ0n) is 15.6. The molecule has 0 aromatic rings. The van der Waals surface area contributed by atoms with Gasteiger partial charge in [-0.15, -0.1) is 13.2 Å². The van der Waals surface area contributed by atoms with Crippen molar-refractivity contribution < 1.29 is 10.2 Å². The van der Waals surface area contributed by atoms with Gasteiger partial charge in [0, 0.05) is 5.41 Å². The summed E-state index contributed by atoms with van der Waals surface area (Å²) in [7, 11) is 0. The summed E-state index contributed by atoms with van der Waals surface area (Å²) in [5.41, 5.74) is -0.897. The van der Waals surface area contributed by atoms with Crippen LogP contribution in [0.1, 0.15) is 72.6 Å². The topological polar surface area (TPSA) is 40.5 Å². The van der Waals surface area contributed by atoms with Gasteiger partial charge in [0.05, 0.1) is 5.60 Å². The second-order valence-corrected chi connectivity index (χ2v) is 7.98. The smallest absolute Gasteiger partial charge is 0.105 e. The van der Waals surface area contributed by atoms with Crippen LogP contribution < -0.4 is 0 Å². The molecule has 1 aliphatic rings. The Morgan fingerprint density at radius 3 is 2.57 bits per heavy atom. The molecule has 0 aliphatic heterocycles. The van der Waals surface area contributed by atoms with E-state index in [-0.39, 0.29) is 5.41 Å². The molecule has 0 saturated carbocycles. The molecule has 0 unspecified atom stereocenters. The SMILES string of the molecule is C=CCC(C)(C)[C@@](O)(CCCC)[C@@H](O)C1=CCCC[C@@]1(C)C=C. The third kappa shape index (κ3) is 3.97. The quantitative estimate of drug-likeness (QED) is 0.575. The van der Waals surface area contributed by atoms with Gasteiger partial charge in [-0.1, -0.05) is 58.8 Å². The first-order chi connectivity index (χ1) is 10.7. The van der Waals surface area contributed by atoms with Crippen LogP contribution in [0.3, 0.4) is 0 Å². The summed E-state index contributed by atoms with van der Waals surface area (Å²) in [6.45, 7) is 16.1. The largest absolute Gasteiger partial charge is 0.386 e. The van der Waals surface area contributed by atoms with Crippen molar-refractivity contribution in [3.05, 3.63) is 37.0 Å². The third-order valence-corrected chi connectivity index (χ3v) is 5.86. The zero-order valence-corrected chi connectivity index (χ0v) is 15.6. The van der Waals surface area contributed by atoms with Crippen molar-refractivity contribution in [1.29, 1.82) is 0 Å². The van der Waals surface area contributed by atoms with Gasteiger partial charge in [0.25, 0.3) is 0 Å². The van der Waals surface area contributed by atoms with Crippen molar-refractivity contribution in [3.8, 4) is 0 Å². The highest BCUT2D eigenvalue weighted by Crippen LogP contribution is 2.48. The zero-order chi connectivity index (χ0) is 17.7. The Morgan fingerprint density at radius 1 is 1.39 bits per heavy atom. The van der Waals surface area contributed by atoms with Gasteiger partial charge in [0.15, 0.2) is 0 Å². The van der Waals surface area contributed by atoms with Gasteiger partial charge in [0.2, 0.25) is 0 Å². The van der Waals surface area contributed by atoms with Crippen molar-refractivity contribution >= 4 is 0 Å². The Balaban J connectivity index is 3.27. The Bertz CT molecular complexity index is 449. The number of allylic oxidation sites excluding steroid dienone is 3. The van der Waals surface area contributed by atoms with E-state index in [1.165, 1.54) is 0 Å². The van der Waals surface area contributed by atoms with Gasteiger partial charge in [-0.3, -0.25) is 0 Å². The number of hydrogen-bond acceptors (Lipinski definition) is 2. The number of hydrogen-bond donors (Lipinski definition) is 2. The minimum atomic E-state index is -1.16. The van der Waals surface area contributed by atoms with Crippen LogP contribution in [-0.4, -0.2) is 21.9 Å². The van der Waals surface area contributed by atoms with Gasteiger partial charge in [0.1, 0.15) is 6.10 Å². The molecule has 0 aromatic carbocycles. The maximum Gasteiger partial charge on any atom is 0.105 e. The van der Waals surface area contributed by atoms with Gasteiger partial charge >= 0.3 is 0 Å². The van der Waals surface area contributed by atoms with Crippen LogP contribution in [0.15, 0.2) is 37.0 Å². The van der Waals surface area contributed by atoms with Crippen LogP contribution in [0.5, 0.6) is 0 Å². The van der Waals surface area contributed by atoms with E-state index >= 15 is 0 Å². The monoisotopic (exact) mass is 320 g/mol. The highest BCUT2D eigenvalue weighted by atomic mass is 16.3. The minimum absolute atomic E-state index is 0.234. The summed E-state index contributed by atoms with van der Waals surface area (Å²) < 4.78 is 0. The van der Waals surface area contributed by atoms with Crippen LogP contribution >= 0.6 is 0 Å². The molecule has 2 heteroatoms. The van der Waals surface area contributed by atoms with Gasteiger partial charge in [-0.05, 0) is 43.1 Å². The Hall–Kier alpha value is -0.860. The van der Waals surface area contributed by atoms with Crippen molar-refractivity contribution in [2.75, 3.05) is 0 Å². The Kier molecular flexibility index (Phi) is 6.85. The van der Waals surface area contributed by atoms with Crippen LogP contribution in [-0.2, 0) is 0 Å². The fourth-order valence-corrected chi connectivity index (χ4v) is 3.83. The van der Waals surface area contributed by atoms with E-state index in [9.17, 15) is 10.2 Å². The standard InChI is InChI=1S/C21H36O2/c1-7-10-16-21(23,19(4,5)14-8-2)18(22)17-13-11-12-15-20(17,6)9-3/h8-9,13,18,22-23H,2-3,7,10-12,14-16H2,1,4-6H3/t18-,20+,21+/m0/s1. The molecule has 0 bridgehead atoms. The summed E-state index contributed by atoms with van der Waals surface area (Å²) >= 11 is 0. The summed E-state index contributed by atoms with van der Waals surface area (Å²) in [5.74, 6) is 0. The number of unbranched alkanes of at least 4 members (excludes halogenated alkanes) is 1. The van der Waals surface area contributed by atoms with Gasteiger partial charge < -0.3 is 10.2 Å². The molecule has 23 heavy (non-hydrogen) atoms. The van der Waals surface area contributed by atoms with E-state index in [4.69, 9.17) is 0 Å². The average Bonchev–Trinajstić information content (AvgIpc) is 2.52. The second kappa shape index (κ2) is 7.81. The molecule has 1 aliphatic carbocycles. The number of rotatable bonds is 9. The van der Waals surface area contributed by atoms with Crippen molar-refractivity contribution in [2.45, 2.75) is 84.3 Å². The highest BCUT2D eigenvalue weighted by molar-refractivity contribution is 5.30. The third-order valence-electron chi connectivity index (χ3n) is 5.86. The molecule has 0 heterocycles. The van der Waals surface area contributed by atoms with E-state index in [0.717, 1.165) is 37.7 Å². The van der Waals surface area contributed by atoms with Crippen LogP contribution in [0.4, 0.5) is 0 Å². The Morgan fingerprint density at radius 2 is 2.04 bits per heavy atom. The fraction of sp³-hybridized carbons (Fsp3) is 0.714. The maximum absolute atomic E-state index is 11.6.